The second kappa shape index (κ2) is 6.63. The van der Waals surface area contributed by atoms with E-state index in [4.69, 9.17) is 0 Å². The summed E-state index contributed by atoms with van der Waals surface area (Å²) in [5.74, 6) is -0.168. The number of rotatable bonds is 6. The van der Waals surface area contributed by atoms with Crippen LogP contribution in [-0.4, -0.2) is 18.6 Å². The Morgan fingerprint density at radius 1 is 1.37 bits per heavy atom. The molecule has 0 aliphatic carbocycles. The molecule has 0 aliphatic rings. The van der Waals surface area contributed by atoms with E-state index < -0.39 is 0 Å². The molecule has 0 saturated heterocycles. The number of halogens is 1. The molecule has 5 heteroatoms. The van der Waals surface area contributed by atoms with E-state index in [0.29, 0.717) is 12.1 Å². The maximum absolute atomic E-state index is 13.6. The fourth-order valence-corrected chi connectivity index (χ4v) is 2.59. The minimum Gasteiger partial charge on any atom is -0.347 e. The number of aromatic nitrogens is 1. The maximum Gasteiger partial charge on any atom is 0.185 e. The smallest absolute Gasteiger partial charge is 0.185 e. The van der Waals surface area contributed by atoms with Crippen molar-refractivity contribution in [2.75, 3.05) is 18.5 Å². The van der Waals surface area contributed by atoms with Crippen molar-refractivity contribution < 1.29 is 4.39 Å². The number of nitrogens with zero attached hydrogens (tertiary/aromatic N) is 2. The molecule has 2 rings (SSSR count). The molecule has 0 fully saturated rings. The Labute approximate surface area is 117 Å². The number of benzene rings is 1. The molecule has 3 nitrogen and oxygen atoms in total. The van der Waals surface area contributed by atoms with Crippen LogP contribution in [0.5, 0.6) is 0 Å². The Bertz CT molecular complexity index is 527. The monoisotopic (exact) mass is 279 g/mol. The van der Waals surface area contributed by atoms with Crippen LogP contribution >= 0.6 is 11.3 Å². The Balaban J connectivity index is 2.01. The van der Waals surface area contributed by atoms with Gasteiger partial charge < -0.3 is 10.2 Å². The van der Waals surface area contributed by atoms with E-state index in [1.807, 2.05) is 24.2 Å². The quantitative estimate of drug-likeness (QED) is 0.881. The van der Waals surface area contributed by atoms with E-state index in [1.54, 1.807) is 23.5 Å². The van der Waals surface area contributed by atoms with Gasteiger partial charge >= 0.3 is 0 Å². The molecule has 0 atom stereocenters. The summed E-state index contributed by atoms with van der Waals surface area (Å²) in [6.45, 7) is 4.38. The molecule has 1 aromatic heterocycles. The van der Waals surface area contributed by atoms with Gasteiger partial charge in [0.2, 0.25) is 0 Å². The third kappa shape index (κ3) is 3.75. The fourth-order valence-electron chi connectivity index (χ4n) is 1.75. The van der Waals surface area contributed by atoms with E-state index >= 15 is 0 Å². The van der Waals surface area contributed by atoms with E-state index in [-0.39, 0.29) is 5.82 Å². The number of hydrogen-bond donors (Lipinski definition) is 1. The highest BCUT2D eigenvalue weighted by atomic mass is 32.1. The Morgan fingerprint density at radius 2 is 2.16 bits per heavy atom. The Kier molecular flexibility index (Phi) is 4.87. The van der Waals surface area contributed by atoms with Gasteiger partial charge in [-0.25, -0.2) is 9.37 Å². The van der Waals surface area contributed by atoms with Gasteiger partial charge in [-0.15, -0.1) is 11.3 Å². The summed E-state index contributed by atoms with van der Waals surface area (Å²) in [6, 6.07) is 6.85. The largest absolute Gasteiger partial charge is 0.347 e. The molecule has 1 N–H and O–H groups in total. The van der Waals surface area contributed by atoms with Crippen molar-refractivity contribution in [1.29, 1.82) is 0 Å². The first-order valence-corrected chi connectivity index (χ1v) is 7.12. The van der Waals surface area contributed by atoms with Crippen LogP contribution in [0.4, 0.5) is 9.52 Å². The van der Waals surface area contributed by atoms with Gasteiger partial charge in [0.05, 0.1) is 0 Å². The third-order valence-electron chi connectivity index (χ3n) is 2.78. The van der Waals surface area contributed by atoms with Crippen LogP contribution in [0.3, 0.4) is 0 Å². The van der Waals surface area contributed by atoms with Gasteiger partial charge in [0.25, 0.3) is 0 Å². The highest BCUT2D eigenvalue weighted by molar-refractivity contribution is 7.15. The van der Waals surface area contributed by atoms with Gasteiger partial charge in [0.1, 0.15) is 5.82 Å². The van der Waals surface area contributed by atoms with Crippen LogP contribution < -0.4 is 10.2 Å². The lowest BCUT2D eigenvalue weighted by Gasteiger charge is -2.16. The van der Waals surface area contributed by atoms with Gasteiger partial charge in [-0.05, 0) is 12.6 Å². The summed E-state index contributed by atoms with van der Waals surface area (Å²) in [6.07, 6.45) is 1.88. The van der Waals surface area contributed by atoms with E-state index in [0.717, 1.165) is 18.2 Å². The molecular formula is C14H18FN3S. The molecule has 0 saturated carbocycles. The summed E-state index contributed by atoms with van der Waals surface area (Å²) in [5.41, 5.74) is 0.688. The standard InChI is InChI=1S/C14H18FN3S/c1-3-16-8-12-9-17-14(19-12)18(2)10-11-6-4-5-7-13(11)15/h4-7,9,16H,3,8,10H2,1-2H3. The zero-order chi connectivity index (χ0) is 13.7. The predicted molar refractivity (Wildman–Crippen MR) is 78.0 cm³/mol. The Morgan fingerprint density at radius 3 is 2.89 bits per heavy atom. The fraction of sp³-hybridized carbons (Fsp3) is 0.357. The zero-order valence-corrected chi connectivity index (χ0v) is 12.0. The normalized spacial score (nSPS) is 10.7. The van der Waals surface area contributed by atoms with E-state index in [9.17, 15) is 4.39 Å². The lowest BCUT2D eigenvalue weighted by Crippen LogP contribution is -2.16. The average molecular weight is 279 g/mol. The molecule has 0 unspecified atom stereocenters. The van der Waals surface area contributed by atoms with Crippen molar-refractivity contribution in [2.24, 2.45) is 0 Å². The van der Waals surface area contributed by atoms with Crippen molar-refractivity contribution in [3.05, 3.63) is 46.7 Å². The number of anilines is 1. The van der Waals surface area contributed by atoms with Crippen molar-refractivity contribution in [3.63, 3.8) is 0 Å². The molecule has 19 heavy (non-hydrogen) atoms. The van der Waals surface area contributed by atoms with Crippen molar-refractivity contribution in [3.8, 4) is 0 Å². The van der Waals surface area contributed by atoms with Crippen LogP contribution in [0.1, 0.15) is 17.4 Å². The summed E-state index contributed by atoms with van der Waals surface area (Å²) < 4.78 is 13.6. The molecule has 0 amide bonds. The molecule has 0 spiro atoms. The SMILES string of the molecule is CCNCc1cnc(N(C)Cc2ccccc2F)s1. The van der Waals surface area contributed by atoms with Gasteiger partial charge in [-0.3, -0.25) is 0 Å². The van der Waals surface area contributed by atoms with Crippen molar-refractivity contribution in [2.45, 2.75) is 20.0 Å². The number of hydrogen-bond acceptors (Lipinski definition) is 4. The second-order valence-electron chi connectivity index (χ2n) is 4.34. The summed E-state index contributed by atoms with van der Waals surface area (Å²) in [5, 5.41) is 4.18. The molecule has 1 aromatic carbocycles. The van der Waals surface area contributed by atoms with Crippen molar-refractivity contribution in [1.82, 2.24) is 10.3 Å². The highest BCUT2D eigenvalue weighted by Gasteiger charge is 2.09. The van der Waals surface area contributed by atoms with Crippen LogP contribution in [0.15, 0.2) is 30.5 Å². The molecule has 0 bridgehead atoms. The predicted octanol–water partition coefficient (Wildman–Crippen LogP) is 3.03. The molecule has 0 radical (unpaired) electrons. The molecule has 2 aromatic rings. The summed E-state index contributed by atoms with van der Waals surface area (Å²) in [7, 11) is 1.93. The molecular weight excluding hydrogens is 261 g/mol. The molecule has 102 valence electrons. The second-order valence-corrected chi connectivity index (χ2v) is 5.43. The lowest BCUT2D eigenvalue weighted by molar-refractivity contribution is 0.608. The summed E-state index contributed by atoms with van der Waals surface area (Å²) in [4.78, 5) is 7.54. The first-order valence-electron chi connectivity index (χ1n) is 6.30. The number of nitrogens with one attached hydrogen (secondary N) is 1. The van der Waals surface area contributed by atoms with Gasteiger partial charge in [-0.2, -0.15) is 0 Å². The highest BCUT2D eigenvalue weighted by Crippen LogP contribution is 2.23. The maximum atomic E-state index is 13.6. The minimum absolute atomic E-state index is 0.168. The van der Waals surface area contributed by atoms with Gasteiger partial charge in [-0.1, -0.05) is 25.1 Å². The zero-order valence-electron chi connectivity index (χ0n) is 11.2. The van der Waals surface area contributed by atoms with Gasteiger partial charge in [0, 0.05) is 36.8 Å². The first kappa shape index (κ1) is 14.0. The first-order chi connectivity index (χ1) is 9.20. The van der Waals surface area contributed by atoms with Crippen LogP contribution in [0.2, 0.25) is 0 Å². The average Bonchev–Trinajstić information content (AvgIpc) is 2.88. The Hall–Kier alpha value is -1.46. The number of thiazole rings is 1. The van der Waals surface area contributed by atoms with E-state index in [1.165, 1.54) is 10.9 Å². The van der Waals surface area contributed by atoms with Crippen LogP contribution in [0, 0.1) is 5.82 Å². The molecule has 0 aliphatic heterocycles. The minimum atomic E-state index is -0.168. The van der Waals surface area contributed by atoms with Crippen molar-refractivity contribution >= 4 is 16.5 Å². The topological polar surface area (TPSA) is 28.2 Å². The summed E-state index contributed by atoms with van der Waals surface area (Å²) >= 11 is 1.64. The van der Waals surface area contributed by atoms with E-state index in [2.05, 4.69) is 17.2 Å². The lowest BCUT2D eigenvalue weighted by atomic mass is 10.2. The third-order valence-corrected chi connectivity index (χ3v) is 3.89. The van der Waals surface area contributed by atoms with Gasteiger partial charge in [0.15, 0.2) is 5.13 Å². The molecule has 1 heterocycles. The van der Waals surface area contributed by atoms with Crippen LogP contribution in [-0.2, 0) is 13.1 Å². The van der Waals surface area contributed by atoms with Crippen LogP contribution in [0.25, 0.3) is 0 Å².